The molecule has 9 heteroatoms. The summed E-state index contributed by atoms with van der Waals surface area (Å²) in [4.78, 5) is 38.5. The van der Waals surface area contributed by atoms with Gasteiger partial charge in [0.1, 0.15) is 18.8 Å². The second kappa shape index (κ2) is 11.2. The van der Waals surface area contributed by atoms with Crippen molar-refractivity contribution in [2.24, 2.45) is 0 Å². The monoisotopic (exact) mass is 559 g/mol. The largest absolute Gasteiger partial charge is 0.486 e. The number of aryl methyl sites for hydroxylation is 1. The van der Waals surface area contributed by atoms with E-state index in [1.165, 1.54) is 6.08 Å². The highest BCUT2D eigenvalue weighted by molar-refractivity contribution is 6.37. The standard InChI is InChI=1S/C30H23Cl2N3O4/c1-18-5-4-8-23(11-18)33-27(36)16-35-29(37)26(34-30(35)38)15-20-13-24(31)28(25(32)14-20)39-17-19-9-10-21-6-2-3-7-22(21)12-19/h2-15H,16-17H2,1H3,(H,33,36)(H,34,38)/b26-15+. The van der Waals surface area contributed by atoms with Gasteiger partial charge in [0, 0.05) is 5.69 Å². The molecule has 1 saturated heterocycles. The summed E-state index contributed by atoms with van der Waals surface area (Å²) in [5, 5.41) is 7.92. The molecule has 0 aromatic heterocycles. The maximum atomic E-state index is 12.9. The average molecular weight is 560 g/mol. The third-order valence-corrected chi connectivity index (χ3v) is 6.66. The minimum absolute atomic E-state index is 0.000297. The van der Waals surface area contributed by atoms with Crippen molar-refractivity contribution < 1.29 is 19.1 Å². The molecule has 4 amide bonds. The Kier molecular flexibility index (Phi) is 7.54. The van der Waals surface area contributed by atoms with Crippen molar-refractivity contribution in [3.8, 4) is 5.75 Å². The van der Waals surface area contributed by atoms with Crippen molar-refractivity contribution in [3.05, 3.63) is 111 Å². The van der Waals surface area contributed by atoms with Gasteiger partial charge in [0.05, 0.1) is 10.0 Å². The zero-order valence-electron chi connectivity index (χ0n) is 20.8. The van der Waals surface area contributed by atoms with Crippen LogP contribution < -0.4 is 15.4 Å². The molecule has 0 radical (unpaired) electrons. The van der Waals surface area contributed by atoms with Gasteiger partial charge in [-0.1, -0.05) is 71.7 Å². The lowest BCUT2D eigenvalue weighted by atomic mass is 10.1. The van der Waals surface area contributed by atoms with Crippen LogP contribution in [0.2, 0.25) is 10.0 Å². The van der Waals surface area contributed by atoms with Crippen LogP contribution in [0.3, 0.4) is 0 Å². The van der Waals surface area contributed by atoms with Crippen molar-refractivity contribution >= 4 is 63.6 Å². The first-order valence-electron chi connectivity index (χ1n) is 12.1. The van der Waals surface area contributed by atoms with Crippen molar-refractivity contribution in [1.82, 2.24) is 10.2 Å². The molecule has 1 fully saturated rings. The third-order valence-electron chi connectivity index (χ3n) is 6.09. The molecule has 0 saturated carbocycles. The predicted octanol–water partition coefficient (Wildman–Crippen LogP) is 6.57. The molecule has 1 aliphatic heterocycles. The topological polar surface area (TPSA) is 87.7 Å². The number of fused-ring (bicyclic) bond motifs is 1. The summed E-state index contributed by atoms with van der Waals surface area (Å²) in [6.07, 6.45) is 1.45. The van der Waals surface area contributed by atoms with Crippen LogP contribution in [0.5, 0.6) is 5.75 Å². The second-order valence-electron chi connectivity index (χ2n) is 9.08. The third kappa shape index (κ3) is 6.06. The Morgan fingerprint density at radius 2 is 1.69 bits per heavy atom. The predicted molar refractivity (Wildman–Crippen MR) is 153 cm³/mol. The van der Waals surface area contributed by atoms with Crippen LogP contribution in [0.15, 0.2) is 84.6 Å². The van der Waals surface area contributed by atoms with Crippen molar-refractivity contribution in [3.63, 3.8) is 0 Å². The van der Waals surface area contributed by atoms with Gasteiger partial charge in [-0.05, 0) is 70.8 Å². The summed E-state index contributed by atoms with van der Waals surface area (Å²) >= 11 is 12.9. The second-order valence-corrected chi connectivity index (χ2v) is 9.90. The Labute approximate surface area is 235 Å². The van der Waals surface area contributed by atoms with Gasteiger partial charge >= 0.3 is 6.03 Å². The number of carbonyl (C=O) groups excluding carboxylic acids is 3. The van der Waals surface area contributed by atoms with E-state index in [1.807, 2.05) is 55.5 Å². The molecular weight excluding hydrogens is 537 g/mol. The molecule has 0 aliphatic carbocycles. The molecule has 5 rings (SSSR count). The Hall–Kier alpha value is -4.33. The molecule has 196 valence electrons. The van der Waals surface area contributed by atoms with E-state index in [4.69, 9.17) is 27.9 Å². The van der Waals surface area contributed by atoms with E-state index in [-0.39, 0.29) is 22.3 Å². The maximum absolute atomic E-state index is 12.9. The number of urea groups is 1. The Balaban J connectivity index is 1.26. The number of nitrogens with zero attached hydrogens (tertiary/aromatic N) is 1. The van der Waals surface area contributed by atoms with Crippen molar-refractivity contribution in [2.45, 2.75) is 13.5 Å². The average Bonchev–Trinajstić information content (AvgIpc) is 3.15. The quantitative estimate of drug-likeness (QED) is 0.198. The number of imide groups is 1. The van der Waals surface area contributed by atoms with Crippen LogP contribution in [-0.4, -0.2) is 29.3 Å². The van der Waals surface area contributed by atoms with E-state index in [2.05, 4.69) is 10.6 Å². The summed E-state index contributed by atoms with van der Waals surface area (Å²) in [7, 11) is 0. The number of benzene rings is 4. The van der Waals surface area contributed by atoms with Gasteiger partial charge in [0.2, 0.25) is 5.91 Å². The molecule has 0 unspecified atom stereocenters. The smallest absolute Gasteiger partial charge is 0.329 e. The highest BCUT2D eigenvalue weighted by Crippen LogP contribution is 2.36. The molecule has 7 nitrogen and oxygen atoms in total. The first-order valence-corrected chi connectivity index (χ1v) is 12.8. The normalized spacial score (nSPS) is 14.1. The molecule has 1 heterocycles. The van der Waals surface area contributed by atoms with Crippen LogP contribution in [0.4, 0.5) is 10.5 Å². The van der Waals surface area contributed by atoms with E-state index in [1.54, 1.807) is 30.3 Å². The number of halogens is 2. The fraction of sp³-hybridized carbons (Fsp3) is 0.100. The van der Waals surface area contributed by atoms with Crippen LogP contribution >= 0.6 is 23.2 Å². The Bertz CT molecular complexity index is 1630. The zero-order valence-corrected chi connectivity index (χ0v) is 22.3. The molecule has 1 aliphatic rings. The number of hydrogen-bond donors (Lipinski definition) is 2. The maximum Gasteiger partial charge on any atom is 0.329 e. The molecule has 4 aromatic carbocycles. The van der Waals surface area contributed by atoms with Crippen LogP contribution in [0.25, 0.3) is 16.8 Å². The summed E-state index contributed by atoms with van der Waals surface area (Å²) in [6.45, 7) is 1.73. The zero-order chi connectivity index (χ0) is 27.5. The summed E-state index contributed by atoms with van der Waals surface area (Å²) in [6, 6.07) is 23.8. The fourth-order valence-corrected chi connectivity index (χ4v) is 4.85. The van der Waals surface area contributed by atoms with Crippen LogP contribution in [0, 0.1) is 6.92 Å². The van der Waals surface area contributed by atoms with E-state index >= 15 is 0 Å². The SMILES string of the molecule is Cc1cccc(NC(=O)CN2C(=O)N/C(=C/c3cc(Cl)c(OCc4ccc5ccccc5c4)c(Cl)c3)C2=O)c1. The lowest BCUT2D eigenvalue weighted by molar-refractivity contribution is -0.127. The number of carbonyl (C=O) groups is 3. The summed E-state index contributed by atoms with van der Waals surface area (Å²) in [5.74, 6) is -0.822. The van der Waals surface area contributed by atoms with Crippen LogP contribution in [-0.2, 0) is 16.2 Å². The first kappa shape index (κ1) is 26.3. The van der Waals surface area contributed by atoms with Gasteiger partial charge in [-0.15, -0.1) is 0 Å². The molecule has 39 heavy (non-hydrogen) atoms. The first-order chi connectivity index (χ1) is 18.8. The minimum atomic E-state index is -0.696. The number of amides is 4. The molecule has 4 aromatic rings. The van der Waals surface area contributed by atoms with Gasteiger partial charge in [0.25, 0.3) is 5.91 Å². The highest BCUT2D eigenvalue weighted by Gasteiger charge is 2.35. The molecule has 0 spiro atoms. The lowest BCUT2D eigenvalue weighted by Crippen LogP contribution is -2.38. The van der Waals surface area contributed by atoms with Gasteiger partial charge in [-0.2, -0.15) is 0 Å². The van der Waals surface area contributed by atoms with E-state index in [0.717, 1.165) is 26.8 Å². The Morgan fingerprint density at radius 3 is 2.44 bits per heavy atom. The summed E-state index contributed by atoms with van der Waals surface area (Å²) in [5.41, 5.74) is 2.99. The van der Waals surface area contributed by atoms with Crippen molar-refractivity contribution in [2.75, 3.05) is 11.9 Å². The van der Waals surface area contributed by atoms with Crippen LogP contribution in [0.1, 0.15) is 16.7 Å². The fourth-order valence-electron chi connectivity index (χ4n) is 4.23. The van der Waals surface area contributed by atoms with E-state index in [9.17, 15) is 14.4 Å². The Morgan fingerprint density at radius 1 is 0.949 bits per heavy atom. The lowest BCUT2D eigenvalue weighted by Gasteiger charge is -2.12. The molecule has 0 atom stereocenters. The van der Waals surface area contributed by atoms with Crippen molar-refractivity contribution in [1.29, 1.82) is 0 Å². The van der Waals surface area contributed by atoms with Gasteiger partial charge < -0.3 is 15.4 Å². The number of nitrogens with one attached hydrogen (secondary N) is 2. The van der Waals surface area contributed by atoms with Gasteiger partial charge in [-0.25, -0.2) is 9.69 Å². The number of anilines is 1. The van der Waals surface area contributed by atoms with Gasteiger partial charge in [0.15, 0.2) is 5.75 Å². The van der Waals surface area contributed by atoms with Gasteiger partial charge in [-0.3, -0.25) is 9.59 Å². The molecule has 0 bridgehead atoms. The number of hydrogen-bond acceptors (Lipinski definition) is 4. The number of ether oxygens (including phenoxy) is 1. The summed E-state index contributed by atoms with van der Waals surface area (Å²) < 4.78 is 5.91. The molecule has 2 N–H and O–H groups in total. The minimum Gasteiger partial charge on any atom is -0.486 e. The van der Waals surface area contributed by atoms with E-state index in [0.29, 0.717) is 17.0 Å². The highest BCUT2D eigenvalue weighted by atomic mass is 35.5. The molecular formula is C30H23Cl2N3O4. The number of rotatable bonds is 7. The van der Waals surface area contributed by atoms with E-state index < -0.39 is 24.4 Å².